The van der Waals surface area contributed by atoms with Crippen molar-refractivity contribution < 1.29 is 14.3 Å². The fourth-order valence-electron chi connectivity index (χ4n) is 4.59. The summed E-state index contributed by atoms with van der Waals surface area (Å²) < 4.78 is 13.1. The minimum Gasteiger partial charge on any atom is -0.381 e. The molecule has 1 aliphatic rings. The number of carbonyl (C=O) groups excluding carboxylic acids is 1. The van der Waals surface area contributed by atoms with Gasteiger partial charge < -0.3 is 25.8 Å². The van der Waals surface area contributed by atoms with Gasteiger partial charge >= 0.3 is 0 Å². The van der Waals surface area contributed by atoms with E-state index in [2.05, 4.69) is 44.9 Å². The SMILES string of the molecule is CCCC(CCC(C)c1cnc2c(NC3C=CC(C(=O)NCCOCCN)CC3)nccn12)OC. The first-order valence-corrected chi connectivity index (χ1v) is 12.9. The minimum absolute atomic E-state index is 0.0396. The summed E-state index contributed by atoms with van der Waals surface area (Å²) in [5, 5.41) is 6.44. The topological polar surface area (TPSA) is 116 Å². The van der Waals surface area contributed by atoms with Crippen LogP contribution >= 0.6 is 0 Å². The van der Waals surface area contributed by atoms with Crippen molar-refractivity contribution >= 4 is 17.4 Å². The number of nitrogens with two attached hydrogens (primary N) is 1. The molecule has 35 heavy (non-hydrogen) atoms. The van der Waals surface area contributed by atoms with Crippen LogP contribution in [0.3, 0.4) is 0 Å². The van der Waals surface area contributed by atoms with Gasteiger partial charge in [0.2, 0.25) is 5.91 Å². The van der Waals surface area contributed by atoms with Gasteiger partial charge in [-0.25, -0.2) is 9.97 Å². The molecule has 2 heterocycles. The second kappa shape index (κ2) is 14.2. The fourth-order valence-corrected chi connectivity index (χ4v) is 4.59. The van der Waals surface area contributed by atoms with Crippen LogP contribution in [-0.2, 0) is 14.3 Å². The molecule has 3 rings (SSSR count). The predicted molar refractivity (Wildman–Crippen MR) is 138 cm³/mol. The normalized spacial score (nSPS) is 19.5. The lowest BCUT2D eigenvalue weighted by molar-refractivity contribution is -0.124. The van der Waals surface area contributed by atoms with E-state index in [1.54, 1.807) is 7.11 Å². The maximum Gasteiger partial charge on any atom is 0.227 e. The van der Waals surface area contributed by atoms with E-state index in [0.29, 0.717) is 38.3 Å². The molecule has 194 valence electrons. The third kappa shape index (κ3) is 7.75. The smallest absolute Gasteiger partial charge is 0.227 e. The number of imidazole rings is 1. The van der Waals surface area contributed by atoms with Gasteiger partial charge in [0.25, 0.3) is 0 Å². The van der Waals surface area contributed by atoms with Crippen LogP contribution in [0.15, 0.2) is 30.7 Å². The quantitative estimate of drug-likeness (QED) is 0.261. The average Bonchev–Trinajstić information content (AvgIpc) is 3.32. The maximum atomic E-state index is 12.4. The summed E-state index contributed by atoms with van der Waals surface area (Å²) in [5.74, 6) is 1.05. The number of nitrogens with zero attached hydrogens (tertiary/aromatic N) is 3. The average molecular weight is 487 g/mol. The molecular formula is C26H42N6O3. The molecule has 2 aromatic heterocycles. The first-order chi connectivity index (χ1) is 17.1. The largest absolute Gasteiger partial charge is 0.381 e. The van der Waals surface area contributed by atoms with Crippen LogP contribution in [-0.4, -0.2) is 65.8 Å². The van der Waals surface area contributed by atoms with Crippen LogP contribution in [0.5, 0.6) is 0 Å². The van der Waals surface area contributed by atoms with Gasteiger partial charge in [-0.05, 0) is 38.0 Å². The van der Waals surface area contributed by atoms with Crippen LogP contribution in [0.25, 0.3) is 5.65 Å². The Morgan fingerprint density at radius 1 is 1.23 bits per heavy atom. The summed E-state index contributed by atoms with van der Waals surface area (Å²) in [6, 6.07) is 0.111. The van der Waals surface area contributed by atoms with E-state index in [9.17, 15) is 4.79 Å². The summed E-state index contributed by atoms with van der Waals surface area (Å²) in [4.78, 5) is 21.6. The molecular weight excluding hydrogens is 444 g/mol. The van der Waals surface area contributed by atoms with Crippen molar-refractivity contribution in [3.63, 3.8) is 0 Å². The van der Waals surface area contributed by atoms with Crippen molar-refractivity contribution in [2.24, 2.45) is 11.7 Å². The Morgan fingerprint density at radius 2 is 2.09 bits per heavy atom. The van der Waals surface area contributed by atoms with Crippen LogP contribution in [0, 0.1) is 5.92 Å². The van der Waals surface area contributed by atoms with E-state index in [1.165, 1.54) is 5.69 Å². The molecule has 4 unspecified atom stereocenters. The maximum absolute atomic E-state index is 12.4. The molecule has 0 radical (unpaired) electrons. The van der Waals surface area contributed by atoms with E-state index in [-0.39, 0.29) is 17.9 Å². The zero-order valence-electron chi connectivity index (χ0n) is 21.4. The van der Waals surface area contributed by atoms with Crippen molar-refractivity contribution in [3.05, 3.63) is 36.4 Å². The van der Waals surface area contributed by atoms with Gasteiger partial charge in [-0.2, -0.15) is 0 Å². The first-order valence-electron chi connectivity index (χ1n) is 12.9. The van der Waals surface area contributed by atoms with Crippen LogP contribution in [0.2, 0.25) is 0 Å². The Labute approximate surface area is 208 Å². The molecule has 4 N–H and O–H groups in total. The number of nitrogens with one attached hydrogen (secondary N) is 2. The number of ether oxygens (including phenoxy) is 2. The minimum atomic E-state index is -0.117. The van der Waals surface area contributed by atoms with Gasteiger partial charge in [-0.3, -0.25) is 9.20 Å². The molecule has 9 nitrogen and oxygen atoms in total. The van der Waals surface area contributed by atoms with E-state index in [0.717, 1.165) is 50.0 Å². The van der Waals surface area contributed by atoms with Gasteiger partial charge in [0, 0.05) is 50.5 Å². The number of hydrogen-bond acceptors (Lipinski definition) is 7. The van der Waals surface area contributed by atoms with Crippen LogP contribution in [0.4, 0.5) is 5.82 Å². The molecule has 0 aliphatic heterocycles. The van der Waals surface area contributed by atoms with Crippen molar-refractivity contribution in [1.29, 1.82) is 0 Å². The van der Waals surface area contributed by atoms with Crippen molar-refractivity contribution in [3.8, 4) is 0 Å². The summed E-state index contributed by atoms with van der Waals surface area (Å²) in [6.07, 6.45) is 16.1. The molecule has 4 atom stereocenters. The zero-order chi connectivity index (χ0) is 25.0. The van der Waals surface area contributed by atoms with Crippen molar-refractivity contribution in [2.75, 3.05) is 38.7 Å². The summed E-state index contributed by atoms with van der Waals surface area (Å²) in [5.41, 5.74) is 7.41. The molecule has 0 saturated heterocycles. The van der Waals surface area contributed by atoms with Gasteiger partial charge in [-0.15, -0.1) is 0 Å². The number of rotatable bonds is 15. The number of aromatic nitrogens is 3. The van der Waals surface area contributed by atoms with E-state index < -0.39 is 0 Å². The van der Waals surface area contributed by atoms with Gasteiger partial charge in [0.1, 0.15) is 0 Å². The highest BCUT2D eigenvalue weighted by atomic mass is 16.5. The highest BCUT2D eigenvalue weighted by Gasteiger charge is 2.23. The molecule has 9 heteroatoms. The Bertz CT molecular complexity index is 946. The Balaban J connectivity index is 1.56. The number of amides is 1. The molecule has 0 fully saturated rings. The number of methoxy groups -OCH3 is 1. The third-order valence-electron chi connectivity index (χ3n) is 6.66. The molecule has 1 aliphatic carbocycles. The highest BCUT2D eigenvalue weighted by molar-refractivity contribution is 5.80. The van der Waals surface area contributed by atoms with E-state index >= 15 is 0 Å². The lowest BCUT2D eigenvalue weighted by Gasteiger charge is -2.24. The molecule has 0 saturated carbocycles. The number of hydrogen-bond donors (Lipinski definition) is 3. The van der Waals surface area contributed by atoms with E-state index in [4.69, 9.17) is 15.2 Å². The Kier molecular flexibility index (Phi) is 11.0. The van der Waals surface area contributed by atoms with Gasteiger partial charge in [0.05, 0.1) is 25.2 Å². The Morgan fingerprint density at radius 3 is 2.80 bits per heavy atom. The lowest BCUT2D eigenvalue weighted by Crippen LogP contribution is -2.35. The summed E-state index contributed by atoms with van der Waals surface area (Å²) in [7, 11) is 1.80. The first kappa shape index (κ1) is 27.1. The van der Waals surface area contributed by atoms with E-state index in [1.807, 2.05) is 24.7 Å². The monoisotopic (exact) mass is 486 g/mol. The van der Waals surface area contributed by atoms with Gasteiger partial charge in [0.15, 0.2) is 11.5 Å². The molecule has 0 spiro atoms. The molecule has 0 bridgehead atoms. The second-order valence-electron chi connectivity index (χ2n) is 9.29. The fraction of sp³-hybridized carbons (Fsp3) is 0.654. The highest BCUT2D eigenvalue weighted by Crippen LogP contribution is 2.27. The molecule has 1 amide bonds. The van der Waals surface area contributed by atoms with Crippen molar-refractivity contribution in [2.45, 2.75) is 70.4 Å². The summed E-state index contributed by atoms with van der Waals surface area (Å²) >= 11 is 0. The summed E-state index contributed by atoms with van der Waals surface area (Å²) in [6.45, 7) is 6.42. The number of fused-ring (bicyclic) bond motifs is 1. The van der Waals surface area contributed by atoms with Crippen LogP contribution in [0.1, 0.15) is 64.0 Å². The molecule has 0 aromatic carbocycles. The second-order valence-corrected chi connectivity index (χ2v) is 9.29. The van der Waals surface area contributed by atoms with Crippen molar-refractivity contribution in [1.82, 2.24) is 19.7 Å². The number of anilines is 1. The zero-order valence-corrected chi connectivity index (χ0v) is 21.4. The lowest BCUT2D eigenvalue weighted by atomic mass is 9.92. The number of carbonyl (C=O) groups is 1. The predicted octanol–water partition coefficient (Wildman–Crippen LogP) is 3.27. The molecule has 2 aromatic rings. The third-order valence-corrected chi connectivity index (χ3v) is 6.66. The van der Waals surface area contributed by atoms with Gasteiger partial charge in [-0.1, -0.05) is 32.4 Å². The van der Waals surface area contributed by atoms with Crippen LogP contribution < -0.4 is 16.4 Å². The Hall–Kier alpha value is -2.49. The standard InChI is InChI=1S/C26H42N6O3/c1-4-5-22(34-3)11-6-19(2)23-18-30-25-24(28-13-15-32(23)25)31-21-9-7-20(8-10-21)26(33)29-14-17-35-16-12-27/h7,9,13,15,18-22H,4-6,8,10-12,14,16-17,27H2,1-3H3,(H,28,31)(H,29,33).